The molecule has 2 fully saturated rings. The van der Waals surface area contributed by atoms with Crippen LogP contribution in [0.2, 0.25) is 0 Å². The number of H-pyrrole nitrogens is 1. The van der Waals surface area contributed by atoms with Crippen molar-refractivity contribution in [1.29, 1.82) is 0 Å². The van der Waals surface area contributed by atoms with Crippen molar-refractivity contribution in [3.8, 4) is 0 Å². The Bertz CT molecular complexity index is 1500. The van der Waals surface area contributed by atoms with Crippen LogP contribution in [0, 0.1) is 0 Å². The molecule has 18 nitrogen and oxygen atoms in total. The largest absolute Gasteiger partial charge is 0.394 e. The summed E-state index contributed by atoms with van der Waals surface area (Å²) in [5.41, 5.74) is 10.0. The summed E-state index contributed by atoms with van der Waals surface area (Å²) in [7, 11) is 0. The summed E-state index contributed by atoms with van der Waals surface area (Å²) < 4.78 is 25.0. The molecule has 2 aliphatic rings. The van der Waals surface area contributed by atoms with Crippen LogP contribution in [-0.2, 0) is 30.3 Å². The first-order valence-electron chi connectivity index (χ1n) is 11.2. The highest BCUT2D eigenvalue weighted by molar-refractivity contribution is 8.07. The maximum Gasteiger partial charge on any atom is 0.354 e. The van der Waals surface area contributed by atoms with Crippen LogP contribution in [0.1, 0.15) is 25.3 Å². The molecule has 0 aliphatic carbocycles. The third-order valence-corrected chi connectivity index (χ3v) is 7.64. The molecule has 0 saturated carbocycles. The number of hydrogen-bond acceptors (Lipinski definition) is 15. The van der Waals surface area contributed by atoms with E-state index in [0.717, 1.165) is 10.9 Å². The highest BCUT2D eigenvalue weighted by Crippen LogP contribution is 2.49. The van der Waals surface area contributed by atoms with Gasteiger partial charge in [0, 0.05) is 12.8 Å². The zero-order valence-corrected chi connectivity index (χ0v) is 21.1. The smallest absolute Gasteiger partial charge is 0.354 e. The topological polar surface area (TPSA) is 261 Å². The molecule has 2 aliphatic heterocycles. The molecule has 2 saturated heterocycles. The van der Waals surface area contributed by atoms with Crippen LogP contribution in [-0.4, -0.2) is 86.8 Å². The van der Waals surface area contributed by atoms with E-state index in [-0.39, 0.29) is 42.5 Å². The van der Waals surface area contributed by atoms with Crippen LogP contribution >= 0.6 is 6.72 Å². The summed E-state index contributed by atoms with van der Waals surface area (Å²) in [5, 5.41) is 20.2. The monoisotopic (exact) mass is 573 g/mol. The van der Waals surface area contributed by atoms with E-state index in [2.05, 4.69) is 24.9 Å². The second-order valence-electron chi connectivity index (χ2n) is 8.57. The van der Waals surface area contributed by atoms with Crippen molar-refractivity contribution in [3.05, 3.63) is 33.5 Å². The molecule has 8 N–H and O–H groups in total. The minimum Gasteiger partial charge on any atom is -0.394 e. The third-order valence-electron chi connectivity index (χ3n) is 6.05. The fourth-order valence-corrected chi connectivity index (χ4v) is 5.73. The van der Waals surface area contributed by atoms with Gasteiger partial charge < -0.3 is 45.1 Å². The number of aliphatic hydroxyl groups is 2. The van der Waals surface area contributed by atoms with Gasteiger partial charge in [0.05, 0.1) is 31.7 Å². The molecule has 0 spiro atoms. The minimum atomic E-state index is -3.92. The van der Waals surface area contributed by atoms with Gasteiger partial charge in [-0.2, -0.15) is 9.97 Å². The molecule has 7 atom stereocenters. The maximum atomic E-state index is 12.1. The van der Waals surface area contributed by atoms with Crippen molar-refractivity contribution < 1.29 is 33.6 Å². The van der Waals surface area contributed by atoms with Crippen LogP contribution in [0.15, 0.2) is 22.2 Å². The van der Waals surface area contributed by atoms with Gasteiger partial charge in [0.15, 0.2) is 11.2 Å². The van der Waals surface area contributed by atoms with E-state index in [1.807, 2.05) is 0 Å². The number of rotatable bonds is 8. The fourth-order valence-electron chi connectivity index (χ4n) is 4.26. The van der Waals surface area contributed by atoms with Gasteiger partial charge in [0.1, 0.15) is 31.0 Å². The fraction of sp³-hybridized carbons (Fsp3) is 0.556. The first-order chi connectivity index (χ1) is 18.0. The molecule has 0 aromatic carbocycles. The normalized spacial score (nSPS) is 29.1. The summed E-state index contributed by atoms with van der Waals surface area (Å²) in [6.07, 6.45) is -2.84. The van der Waals surface area contributed by atoms with E-state index in [0.29, 0.717) is 0 Å². The second-order valence-corrected chi connectivity index (χ2v) is 11.4. The van der Waals surface area contributed by atoms with E-state index in [1.165, 1.54) is 10.9 Å². The van der Waals surface area contributed by atoms with Crippen molar-refractivity contribution in [3.63, 3.8) is 0 Å². The van der Waals surface area contributed by atoms with Gasteiger partial charge in [-0.3, -0.25) is 18.9 Å². The predicted octanol–water partition coefficient (Wildman–Crippen LogP) is -2.52. The Labute approximate surface area is 217 Å². The van der Waals surface area contributed by atoms with Gasteiger partial charge >= 0.3 is 12.4 Å². The van der Waals surface area contributed by atoms with Crippen LogP contribution < -0.4 is 22.7 Å². The number of aromatic amines is 1. The number of fused-ring (bicyclic) bond motifs is 1. The number of anilines is 2. The quantitative estimate of drug-likeness (QED) is 0.152. The number of nitrogens with zero attached hydrogens (tertiary/aromatic N) is 6. The Morgan fingerprint density at radius 2 is 1.84 bits per heavy atom. The van der Waals surface area contributed by atoms with E-state index in [4.69, 9.17) is 41.8 Å². The van der Waals surface area contributed by atoms with Crippen molar-refractivity contribution in [2.45, 2.75) is 49.7 Å². The molecule has 3 unspecified atom stereocenters. The van der Waals surface area contributed by atoms with Crippen LogP contribution in [0.25, 0.3) is 11.2 Å². The second kappa shape index (κ2) is 10.4. The lowest BCUT2D eigenvalue weighted by molar-refractivity contribution is -0.0521. The van der Waals surface area contributed by atoms with Crippen molar-refractivity contribution >= 4 is 41.6 Å². The molecule has 5 heterocycles. The Kier molecular flexibility index (Phi) is 7.29. The lowest BCUT2D eigenvalue weighted by atomic mass is 10.2. The van der Waals surface area contributed by atoms with Crippen molar-refractivity contribution in [2.75, 3.05) is 24.7 Å². The number of aliphatic hydroxyl groups excluding tert-OH is 2. The number of ether oxygens (including phenoxy) is 2. The van der Waals surface area contributed by atoms with Gasteiger partial charge in [-0.25, -0.2) is 14.8 Å². The summed E-state index contributed by atoms with van der Waals surface area (Å²) in [6, 6.07) is 0. The van der Waals surface area contributed by atoms with E-state index in [1.54, 1.807) is 0 Å². The zero-order chi connectivity index (χ0) is 27.2. The predicted molar refractivity (Wildman–Crippen MR) is 131 cm³/mol. The van der Waals surface area contributed by atoms with E-state index >= 15 is 0 Å². The average Bonchev–Trinajstić information content (AvgIpc) is 3.54. The lowest BCUT2D eigenvalue weighted by Crippen LogP contribution is -2.29. The molecule has 20 heteroatoms. The Hall–Kier alpha value is -2.87. The van der Waals surface area contributed by atoms with Gasteiger partial charge in [0.25, 0.3) is 5.56 Å². The van der Waals surface area contributed by atoms with Crippen LogP contribution in [0.3, 0.4) is 0 Å². The third kappa shape index (κ3) is 5.33. The molecular weight excluding hydrogens is 549 g/mol. The molecular formula is C18H24N9O9PS. The number of imidazole rings is 1. The summed E-state index contributed by atoms with van der Waals surface area (Å²) >= 11 is 5.11. The molecule has 0 bridgehead atoms. The highest BCUT2D eigenvalue weighted by atomic mass is 32.5. The molecule has 206 valence electrons. The molecule has 5 rings (SSSR count). The average molecular weight is 573 g/mol. The number of nitrogens with two attached hydrogens (primary N) is 2. The zero-order valence-electron chi connectivity index (χ0n) is 19.4. The molecule has 3 aromatic heterocycles. The van der Waals surface area contributed by atoms with Gasteiger partial charge in [0.2, 0.25) is 11.9 Å². The molecule has 0 radical (unpaired) electrons. The van der Waals surface area contributed by atoms with Gasteiger partial charge in [-0.1, -0.05) is 0 Å². The molecule has 38 heavy (non-hydrogen) atoms. The van der Waals surface area contributed by atoms with Crippen LogP contribution in [0.4, 0.5) is 11.9 Å². The lowest BCUT2D eigenvalue weighted by Gasteiger charge is -2.24. The Morgan fingerprint density at radius 3 is 2.58 bits per heavy atom. The SMILES string of the molecule is Nc1ncn([C@H]2CC(OP(O)(=S)OC[C@H]3O[C@@H](n4cnc5c(=O)[nH]c(N)nc54)CC3O)[C@@H](CO)O2)c(=O)n1. The minimum absolute atomic E-state index is 0.0221. The Morgan fingerprint density at radius 1 is 1.13 bits per heavy atom. The van der Waals surface area contributed by atoms with Crippen molar-refractivity contribution in [2.24, 2.45) is 0 Å². The highest BCUT2D eigenvalue weighted by Gasteiger charge is 2.42. The number of nitrogen functional groups attached to an aromatic ring is 2. The van der Waals surface area contributed by atoms with Gasteiger partial charge in [-0.05, 0) is 11.8 Å². The molecule has 3 aromatic rings. The van der Waals surface area contributed by atoms with E-state index in [9.17, 15) is 24.7 Å². The number of hydrogen-bond donors (Lipinski definition) is 6. The summed E-state index contributed by atoms with van der Waals surface area (Å²) in [6.45, 7) is -4.75. The first kappa shape index (κ1) is 26.7. The molecule has 0 amide bonds. The Balaban J connectivity index is 1.22. The standard InChI is InChI=1S/C18H24N9O9PS/c19-16-22-6-27(18(31)25-16)12-2-8(9(3-28)34-12)36-37(32,38)33-4-10-7(29)1-11(35-10)26-5-21-13-14(26)23-17(20)24-15(13)30/h5-12,28-29H,1-4H2,(H,32,38)(H2,19,25,31)(H3,20,23,24,30)/t7?,8?,9-,10-,11-,12-,37?/m1/s1. The summed E-state index contributed by atoms with van der Waals surface area (Å²) in [5.74, 6) is -0.308. The van der Waals surface area contributed by atoms with Crippen LogP contribution in [0.5, 0.6) is 0 Å². The van der Waals surface area contributed by atoms with E-state index < -0.39 is 61.4 Å². The number of aromatic nitrogens is 7. The summed E-state index contributed by atoms with van der Waals surface area (Å²) in [4.78, 5) is 52.5. The maximum absolute atomic E-state index is 12.1. The first-order valence-corrected chi connectivity index (χ1v) is 13.8. The number of nitrogens with one attached hydrogen (secondary N) is 1. The van der Waals surface area contributed by atoms with Crippen molar-refractivity contribution in [1.82, 2.24) is 34.1 Å². The van der Waals surface area contributed by atoms with Gasteiger partial charge in [-0.15, -0.1) is 0 Å².